The monoisotopic (exact) mass is 378 g/mol. The minimum atomic E-state index is -3.51. The number of ether oxygens (including phenoxy) is 1. The van der Waals surface area contributed by atoms with Gasteiger partial charge in [-0.05, 0) is 43.2 Å². The summed E-state index contributed by atoms with van der Waals surface area (Å²) in [7, 11) is -3.51. The predicted molar refractivity (Wildman–Crippen MR) is 95.2 cm³/mol. The van der Waals surface area contributed by atoms with Crippen molar-refractivity contribution >= 4 is 21.6 Å². The van der Waals surface area contributed by atoms with E-state index < -0.39 is 10.0 Å². The number of aromatic nitrogens is 1. The molecule has 1 aromatic carbocycles. The van der Waals surface area contributed by atoms with Gasteiger partial charge in [0.25, 0.3) is 0 Å². The average molecular weight is 379 g/mol. The molecule has 0 saturated carbocycles. The molecule has 1 aromatic heterocycles. The third-order valence-corrected chi connectivity index (χ3v) is 7.21. The molecule has 0 aliphatic carbocycles. The van der Waals surface area contributed by atoms with Crippen LogP contribution in [0.4, 0.5) is 0 Å². The summed E-state index contributed by atoms with van der Waals surface area (Å²) in [6.45, 7) is 0. The SMILES string of the molecule is O=S(=O)(c1ccc(Cl)cc1)N1C2CCC1CC(Oc1ccccn1)C2. The summed E-state index contributed by atoms with van der Waals surface area (Å²) in [5.41, 5.74) is 0. The third kappa shape index (κ3) is 3.26. The van der Waals surface area contributed by atoms with E-state index in [1.165, 1.54) is 0 Å². The van der Waals surface area contributed by atoms with Crippen molar-refractivity contribution in [3.8, 4) is 5.88 Å². The van der Waals surface area contributed by atoms with Gasteiger partial charge in [-0.3, -0.25) is 0 Å². The molecule has 0 spiro atoms. The molecule has 5 nitrogen and oxygen atoms in total. The molecular formula is C18H19ClN2O3S. The fraction of sp³-hybridized carbons (Fsp3) is 0.389. The molecule has 2 unspecified atom stereocenters. The minimum absolute atomic E-state index is 0.00377. The van der Waals surface area contributed by atoms with Crippen molar-refractivity contribution in [1.82, 2.24) is 9.29 Å². The Hall–Kier alpha value is -1.63. The number of halogens is 1. The molecule has 7 heteroatoms. The zero-order valence-corrected chi connectivity index (χ0v) is 15.2. The van der Waals surface area contributed by atoms with Gasteiger partial charge in [0.15, 0.2) is 0 Å². The van der Waals surface area contributed by atoms with Gasteiger partial charge in [-0.25, -0.2) is 13.4 Å². The number of fused-ring (bicyclic) bond motifs is 2. The summed E-state index contributed by atoms with van der Waals surface area (Å²) < 4.78 is 33.8. The zero-order chi connectivity index (χ0) is 17.4. The molecule has 0 amide bonds. The quantitative estimate of drug-likeness (QED) is 0.817. The smallest absolute Gasteiger partial charge is 0.243 e. The van der Waals surface area contributed by atoms with Crippen LogP contribution in [0.1, 0.15) is 25.7 Å². The summed E-state index contributed by atoms with van der Waals surface area (Å²) in [5.74, 6) is 0.598. The van der Waals surface area contributed by atoms with Gasteiger partial charge >= 0.3 is 0 Å². The summed E-state index contributed by atoms with van der Waals surface area (Å²) in [6, 6.07) is 11.9. The largest absolute Gasteiger partial charge is 0.474 e. The van der Waals surface area contributed by atoms with Gasteiger partial charge in [-0.15, -0.1) is 0 Å². The van der Waals surface area contributed by atoms with Gasteiger partial charge in [0, 0.05) is 42.2 Å². The Morgan fingerprint density at radius 3 is 2.32 bits per heavy atom. The van der Waals surface area contributed by atoms with Crippen LogP contribution in [0.15, 0.2) is 53.6 Å². The Morgan fingerprint density at radius 1 is 1.04 bits per heavy atom. The van der Waals surface area contributed by atoms with E-state index >= 15 is 0 Å². The Bertz CT molecular complexity index is 828. The Labute approximate surface area is 152 Å². The first-order chi connectivity index (χ1) is 12.0. The second kappa shape index (κ2) is 6.59. The molecule has 2 saturated heterocycles. The summed E-state index contributed by atoms with van der Waals surface area (Å²) >= 11 is 5.88. The van der Waals surface area contributed by atoms with Crippen LogP contribution in [0.2, 0.25) is 5.02 Å². The highest BCUT2D eigenvalue weighted by Crippen LogP contribution is 2.40. The molecule has 2 aromatic rings. The lowest BCUT2D eigenvalue weighted by Crippen LogP contribution is -2.49. The molecule has 2 aliphatic rings. The lowest BCUT2D eigenvalue weighted by atomic mass is 10.0. The molecule has 0 radical (unpaired) electrons. The molecule has 132 valence electrons. The van der Waals surface area contributed by atoms with Crippen molar-refractivity contribution in [3.05, 3.63) is 53.7 Å². The highest BCUT2D eigenvalue weighted by atomic mass is 35.5. The first kappa shape index (κ1) is 16.8. The molecular weight excluding hydrogens is 360 g/mol. The van der Waals surface area contributed by atoms with E-state index in [0.717, 1.165) is 12.8 Å². The van der Waals surface area contributed by atoms with Gasteiger partial charge in [-0.1, -0.05) is 17.7 Å². The number of rotatable bonds is 4. The normalized spacial score (nSPS) is 26.5. The zero-order valence-electron chi connectivity index (χ0n) is 13.6. The standard InChI is InChI=1S/C18H19ClN2O3S/c19-13-4-8-17(9-5-13)25(22,23)21-14-6-7-15(21)12-16(11-14)24-18-3-1-2-10-20-18/h1-5,8-10,14-16H,6-7,11-12H2. The average Bonchev–Trinajstić information content (AvgIpc) is 2.89. The van der Waals surface area contributed by atoms with Crippen molar-refractivity contribution in [1.29, 1.82) is 0 Å². The molecule has 2 aliphatic heterocycles. The van der Waals surface area contributed by atoms with Gasteiger partial charge in [-0.2, -0.15) is 4.31 Å². The van der Waals surface area contributed by atoms with E-state index in [-0.39, 0.29) is 18.2 Å². The van der Waals surface area contributed by atoms with Crippen LogP contribution in [0, 0.1) is 0 Å². The number of benzene rings is 1. The Balaban J connectivity index is 1.53. The van der Waals surface area contributed by atoms with Crippen molar-refractivity contribution in [3.63, 3.8) is 0 Å². The van der Waals surface area contributed by atoms with Crippen molar-refractivity contribution in [2.75, 3.05) is 0 Å². The highest BCUT2D eigenvalue weighted by Gasteiger charge is 2.47. The maximum atomic E-state index is 13.1. The van der Waals surface area contributed by atoms with Crippen LogP contribution in [0.25, 0.3) is 0 Å². The second-order valence-corrected chi connectivity index (χ2v) is 8.83. The number of hydrogen-bond donors (Lipinski definition) is 0. The van der Waals surface area contributed by atoms with Crippen molar-refractivity contribution in [2.24, 2.45) is 0 Å². The molecule has 2 atom stereocenters. The number of pyridine rings is 1. The van der Waals surface area contributed by atoms with Crippen LogP contribution in [-0.2, 0) is 10.0 Å². The summed E-state index contributed by atoms with van der Waals surface area (Å²) in [6.07, 6.45) is 4.84. The van der Waals surface area contributed by atoms with Gasteiger partial charge < -0.3 is 4.74 Å². The first-order valence-electron chi connectivity index (χ1n) is 8.41. The second-order valence-electron chi connectivity index (χ2n) is 6.55. The molecule has 3 heterocycles. The van der Waals surface area contributed by atoms with Crippen molar-refractivity contribution in [2.45, 2.75) is 48.8 Å². The van der Waals surface area contributed by atoms with Crippen molar-refractivity contribution < 1.29 is 13.2 Å². The van der Waals surface area contributed by atoms with Crippen LogP contribution in [-0.4, -0.2) is 35.9 Å². The van der Waals surface area contributed by atoms with E-state index in [1.54, 1.807) is 34.8 Å². The van der Waals surface area contributed by atoms with Gasteiger partial charge in [0.1, 0.15) is 6.10 Å². The fourth-order valence-corrected chi connectivity index (χ4v) is 5.91. The molecule has 4 rings (SSSR count). The van der Waals surface area contributed by atoms with E-state index in [9.17, 15) is 8.42 Å². The predicted octanol–water partition coefficient (Wildman–Crippen LogP) is 3.50. The fourth-order valence-electron chi connectivity index (χ4n) is 3.89. The van der Waals surface area contributed by atoms with Crippen LogP contribution >= 0.6 is 11.6 Å². The highest BCUT2D eigenvalue weighted by molar-refractivity contribution is 7.89. The number of piperidine rings is 1. The van der Waals surface area contributed by atoms with Crippen LogP contribution < -0.4 is 4.74 Å². The number of sulfonamides is 1. The number of nitrogens with zero attached hydrogens (tertiary/aromatic N) is 2. The lowest BCUT2D eigenvalue weighted by molar-refractivity contribution is 0.0918. The molecule has 25 heavy (non-hydrogen) atoms. The maximum Gasteiger partial charge on any atom is 0.243 e. The van der Waals surface area contributed by atoms with Crippen LogP contribution in [0.5, 0.6) is 5.88 Å². The molecule has 0 N–H and O–H groups in total. The minimum Gasteiger partial charge on any atom is -0.474 e. The van der Waals surface area contributed by atoms with E-state index in [0.29, 0.717) is 28.6 Å². The summed E-state index contributed by atoms with van der Waals surface area (Å²) in [4.78, 5) is 4.50. The molecule has 2 fully saturated rings. The van der Waals surface area contributed by atoms with Crippen LogP contribution in [0.3, 0.4) is 0 Å². The van der Waals surface area contributed by atoms with Gasteiger partial charge in [0.2, 0.25) is 15.9 Å². The maximum absolute atomic E-state index is 13.1. The van der Waals surface area contributed by atoms with Gasteiger partial charge in [0.05, 0.1) is 4.90 Å². The Morgan fingerprint density at radius 2 is 1.72 bits per heavy atom. The lowest BCUT2D eigenvalue weighted by Gasteiger charge is -2.37. The number of hydrogen-bond acceptors (Lipinski definition) is 4. The van der Waals surface area contributed by atoms with E-state index in [2.05, 4.69) is 4.98 Å². The topological polar surface area (TPSA) is 59.5 Å². The Kier molecular flexibility index (Phi) is 4.43. The first-order valence-corrected chi connectivity index (χ1v) is 10.2. The van der Waals surface area contributed by atoms with E-state index in [4.69, 9.17) is 16.3 Å². The third-order valence-electron chi connectivity index (χ3n) is 4.94. The summed E-state index contributed by atoms with van der Waals surface area (Å²) in [5, 5.41) is 0.532. The molecule has 2 bridgehead atoms. The van der Waals surface area contributed by atoms with E-state index in [1.807, 2.05) is 18.2 Å².